The summed E-state index contributed by atoms with van der Waals surface area (Å²) in [6, 6.07) is 14.5. The number of anilines is 3. The molecule has 1 aromatic heterocycles. The standard InChI is InChI=1S/C20H19ClN4O2/c1-13(2)27-15-9-7-14(8-10-15)24-20(26)18-11-23-19(12-22-18)25-17-6-4-3-5-16(17)21/h3-13H,1-2H3,(H,23,25)(H,24,26). The highest BCUT2D eigenvalue weighted by molar-refractivity contribution is 6.33. The van der Waals surface area contributed by atoms with Gasteiger partial charge in [0.25, 0.3) is 5.91 Å². The highest BCUT2D eigenvalue weighted by Gasteiger charge is 2.09. The van der Waals surface area contributed by atoms with Gasteiger partial charge in [-0.2, -0.15) is 0 Å². The lowest BCUT2D eigenvalue weighted by Gasteiger charge is -2.10. The molecule has 7 heteroatoms. The minimum Gasteiger partial charge on any atom is -0.491 e. The second kappa shape index (κ2) is 8.51. The number of nitrogens with zero attached hydrogens (tertiary/aromatic N) is 2. The molecule has 0 saturated heterocycles. The van der Waals surface area contributed by atoms with Crippen LogP contribution >= 0.6 is 11.6 Å². The Morgan fingerprint density at radius 3 is 2.41 bits per heavy atom. The predicted molar refractivity (Wildman–Crippen MR) is 107 cm³/mol. The summed E-state index contributed by atoms with van der Waals surface area (Å²) in [6.07, 6.45) is 2.99. The minimum absolute atomic E-state index is 0.0959. The molecular formula is C20H19ClN4O2. The molecule has 0 spiro atoms. The Morgan fingerprint density at radius 2 is 1.78 bits per heavy atom. The van der Waals surface area contributed by atoms with Gasteiger partial charge < -0.3 is 15.4 Å². The van der Waals surface area contributed by atoms with Crippen LogP contribution in [0, 0.1) is 0 Å². The lowest BCUT2D eigenvalue weighted by atomic mass is 10.3. The van der Waals surface area contributed by atoms with Gasteiger partial charge in [-0.1, -0.05) is 23.7 Å². The van der Waals surface area contributed by atoms with E-state index in [1.165, 1.54) is 12.4 Å². The Labute approximate surface area is 162 Å². The molecule has 3 aromatic rings. The van der Waals surface area contributed by atoms with Crippen LogP contribution in [0.3, 0.4) is 0 Å². The van der Waals surface area contributed by atoms with Crippen molar-refractivity contribution in [2.45, 2.75) is 20.0 Å². The van der Waals surface area contributed by atoms with Gasteiger partial charge in [-0.05, 0) is 50.2 Å². The maximum atomic E-state index is 12.3. The quantitative estimate of drug-likeness (QED) is 0.633. The first-order valence-corrected chi connectivity index (χ1v) is 8.81. The van der Waals surface area contributed by atoms with E-state index in [4.69, 9.17) is 16.3 Å². The number of carbonyl (C=O) groups is 1. The van der Waals surface area contributed by atoms with Crippen LogP contribution in [0.5, 0.6) is 5.75 Å². The van der Waals surface area contributed by atoms with Crippen LogP contribution in [0.15, 0.2) is 60.9 Å². The van der Waals surface area contributed by atoms with Crippen molar-refractivity contribution in [2.24, 2.45) is 0 Å². The van der Waals surface area contributed by atoms with Crippen molar-refractivity contribution in [1.29, 1.82) is 0 Å². The van der Waals surface area contributed by atoms with E-state index in [9.17, 15) is 4.79 Å². The van der Waals surface area contributed by atoms with E-state index in [2.05, 4.69) is 20.6 Å². The van der Waals surface area contributed by atoms with Gasteiger partial charge >= 0.3 is 0 Å². The van der Waals surface area contributed by atoms with E-state index in [1.54, 1.807) is 30.3 Å². The second-order valence-electron chi connectivity index (χ2n) is 6.04. The Hall–Kier alpha value is -3.12. The summed E-state index contributed by atoms with van der Waals surface area (Å²) in [4.78, 5) is 20.7. The van der Waals surface area contributed by atoms with E-state index in [0.29, 0.717) is 16.5 Å². The molecule has 0 aliphatic heterocycles. The minimum atomic E-state index is -0.343. The molecule has 2 N–H and O–H groups in total. The van der Waals surface area contributed by atoms with Gasteiger partial charge in [-0.3, -0.25) is 4.79 Å². The molecule has 0 fully saturated rings. The molecule has 0 aliphatic rings. The first-order valence-electron chi connectivity index (χ1n) is 8.43. The molecule has 6 nitrogen and oxygen atoms in total. The van der Waals surface area contributed by atoms with Crippen LogP contribution in [0.1, 0.15) is 24.3 Å². The molecule has 27 heavy (non-hydrogen) atoms. The summed E-state index contributed by atoms with van der Waals surface area (Å²) in [7, 11) is 0. The van der Waals surface area contributed by atoms with Gasteiger partial charge in [0.05, 0.1) is 29.2 Å². The average molecular weight is 383 g/mol. The van der Waals surface area contributed by atoms with Crippen molar-refractivity contribution in [3.63, 3.8) is 0 Å². The van der Waals surface area contributed by atoms with Crippen LogP contribution < -0.4 is 15.4 Å². The average Bonchev–Trinajstić information content (AvgIpc) is 2.65. The third-order valence-corrected chi connectivity index (χ3v) is 3.83. The number of ether oxygens (including phenoxy) is 1. The maximum absolute atomic E-state index is 12.3. The summed E-state index contributed by atoms with van der Waals surface area (Å²) in [5, 5.41) is 6.41. The molecule has 2 aromatic carbocycles. The second-order valence-corrected chi connectivity index (χ2v) is 6.44. The van der Waals surface area contributed by atoms with Gasteiger partial charge in [0.15, 0.2) is 0 Å². The van der Waals surface area contributed by atoms with Gasteiger partial charge in [0.1, 0.15) is 17.3 Å². The van der Waals surface area contributed by atoms with Crippen LogP contribution in [0.4, 0.5) is 17.2 Å². The monoisotopic (exact) mass is 382 g/mol. The first-order chi connectivity index (χ1) is 13.0. The van der Waals surface area contributed by atoms with Crippen LogP contribution in [-0.2, 0) is 0 Å². The summed E-state index contributed by atoms with van der Waals surface area (Å²) >= 11 is 6.10. The molecule has 0 aliphatic carbocycles. The largest absolute Gasteiger partial charge is 0.491 e. The normalized spacial score (nSPS) is 10.5. The lowest BCUT2D eigenvalue weighted by Crippen LogP contribution is -2.14. The molecule has 1 heterocycles. The van der Waals surface area contributed by atoms with Gasteiger partial charge in [-0.25, -0.2) is 9.97 Å². The molecule has 0 bridgehead atoms. The number of aromatic nitrogens is 2. The number of rotatable bonds is 6. The fourth-order valence-corrected chi connectivity index (χ4v) is 2.48. The Balaban J connectivity index is 1.63. The van der Waals surface area contributed by atoms with E-state index in [0.717, 1.165) is 11.4 Å². The van der Waals surface area contributed by atoms with E-state index in [1.807, 2.05) is 32.0 Å². The first kappa shape index (κ1) is 18.7. The van der Waals surface area contributed by atoms with Crippen molar-refractivity contribution >= 4 is 34.7 Å². The maximum Gasteiger partial charge on any atom is 0.275 e. The highest BCUT2D eigenvalue weighted by Crippen LogP contribution is 2.23. The molecule has 0 radical (unpaired) electrons. The van der Waals surface area contributed by atoms with E-state index < -0.39 is 0 Å². The summed E-state index contributed by atoms with van der Waals surface area (Å²) < 4.78 is 5.58. The molecule has 0 unspecified atom stereocenters. The predicted octanol–water partition coefficient (Wildman–Crippen LogP) is 4.91. The molecular weight excluding hydrogens is 364 g/mol. The zero-order chi connectivity index (χ0) is 19.2. The summed E-state index contributed by atoms with van der Waals surface area (Å²) in [5.74, 6) is 0.900. The van der Waals surface area contributed by atoms with Crippen LogP contribution in [0.25, 0.3) is 0 Å². The number of benzene rings is 2. The van der Waals surface area contributed by atoms with Crippen molar-refractivity contribution in [1.82, 2.24) is 9.97 Å². The van der Waals surface area contributed by atoms with E-state index in [-0.39, 0.29) is 17.7 Å². The molecule has 0 atom stereocenters. The van der Waals surface area contributed by atoms with Gasteiger partial charge in [0.2, 0.25) is 0 Å². The molecule has 0 saturated carbocycles. The molecule has 138 valence electrons. The number of halogens is 1. The van der Waals surface area contributed by atoms with Crippen molar-refractivity contribution in [3.8, 4) is 5.75 Å². The number of hydrogen-bond donors (Lipinski definition) is 2. The highest BCUT2D eigenvalue weighted by atomic mass is 35.5. The third kappa shape index (κ3) is 5.18. The summed E-state index contributed by atoms with van der Waals surface area (Å²) in [6.45, 7) is 3.91. The van der Waals surface area contributed by atoms with Crippen molar-refractivity contribution in [3.05, 3.63) is 71.6 Å². The summed E-state index contributed by atoms with van der Waals surface area (Å²) in [5.41, 5.74) is 1.58. The smallest absolute Gasteiger partial charge is 0.275 e. The Morgan fingerprint density at radius 1 is 1.04 bits per heavy atom. The fourth-order valence-electron chi connectivity index (χ4n) is 2.29. The number of carbonyl (C=O) groups excluding carboxylic acids is 1. The zero-order valence-corrected chi connectivity index (χ0v) is 15.7. The van der Waals surface area contributed by atoms with Crippen molar-refractivity contribution < 1.29 is 9.53 Å². The van der Waals surface area contributed by atoms with E-state index >= 15 is 0 Å². The SMILES string of the molecule is CC(C)Oc1ccc(NC(=O)c2cnc(Nc3ccccc3Cl)cn2)cc1. The van der Waals surface area contributed by atoms with Crippen LogP contribution in [0.2, 0.25) is 5.02 Å². The fraction of sp³-hybridized carbons (Fsp3) is 0.150. The third-order valence-electron chi connectivity index (χ3n) is 3.51. The number of amides is 1. The van der Waals surface area contributed by atoms with Crippen molar-refractivity contribution in [2.75, 3.05) is 10.6 Å². The lowest BCUT2D eigenvalue weighted by molar-refractivity contribution is 0.102. The van der Waals surface area contributed by atoms with Gasteiger partial charge in [-0.15, -0.1) is 0 Å². The van der Waals surface area contributed by atoms with Gasteiger partial charge in [0, 0.05) is 5.69 Å². The molecule has 1 amide bonds. The molecule has 3 rings (SSSR count). The Kier molecular flexibility index (Phi) is 5.88. The zero-order valence-electron chi connectivity index (χ0n) is 14.9. The van der Waals surface area contributed by atoms with Crippen LogP contribution in [-0.4, -0.2) is 22.0 Å². The number of nitrogens with one attached hydrogen (secondary N) is 2. The Bertz CT molecular complexity index is 912. The number of hydrogen-bond acceptors (Lipinski definition) is 5. The topological polar surface area (TPSA) is 76.1 Å². The number of para-hydroxylation sites is 1.